The minimum absolute atomic E-state index is 0.00565. The predicted octanol–water partition coefficient (Wildman–Crippen LogP) is 0.783. The number of hydrogen-bond donors (Lipinski definition) is 0. The Kier molecular flexibility index (Phi) is 1.87. The van der Waals surface area contributed by atoms with E-state index in [2.05, 4.69) is 13.8 Å². The van der Waals surface area contributed by atoms with Crippen molar-refractivity contribution in [3.63, 3.8) is 0 Å². The fourth-order valence-corrected chi connectivity index (χ4v) is 1.46. The molecule has 0 aliphatic carbocycles. The lowest BCUT2D eigenvalue weighted by Gasteiger charge is -2.14. The second-order valence-corrected chi connectivity index (χ2v) is 3.50. The predicted molar refractivity (Wildman–Crippen MR) is 39.2 cm³/mol. The first-order chi connectivity index (χ1) is 5.27. The van der Waals surface area contributed by atoms with Crippen LogP contribution in [0.25, 0.3) is 0 Å². The standard InChI is InChI=1S/C8H14O3/c1-5(2)8-10-6-3-9-4-7(6)11-8/h5-8H,3-4H2,1-2H3. The molecule has 2 atom stereocenters. The highest BCUT2D eigenvalue weighted by Gasteiger charge is 2.41. The summed E-state index contributed by atoms with van der Waals surface area (Å²) in [5.41, 5.74) is 0. The summed E-state index contributed by atoms with van der Waals surface area (Å²) in [4.78, 5) is 0. The molecule has 0 bridgehead atoms. The van der Waals surface area contributed by atoms with Gasteiger partial charge in [0, 0.05) is 5.92 Å². The molecule has 0 aromatic carbocycles. The molecule has 0 saturated carbocycles. The monoisotopic (exact) mass is 158 g/mol. The molecular weight excluding hydrogens is 144 g/mol. The molecule has 2 rings (SSSR count). The molecule has 3 nitrogen and oxygen atoms in total. The van der Waals surface area contributed by atoms with Crippen LogP contribution in [0.3, 0.4) is 0 Å². The molecule has 0 spiro atoms. The summed E-state index contributed by atoms with van der Waals surface area (Å²) in [6, 6.07) is 0. The molecule has 2 aliphatic heterocycles. The van der Waals surface area contributed by atoms with E-state index < -0.39 is 0 Å². The smallest absolute Gasteiger partial charge is 0.161 e. The lowest BCUT2D eigenvalue weighted by atomic mass is 10.2. The van der Waals surface area contributed by atoms with Gasteiger partial charge in [0.2, 0.25) is 0 Å². The molecule has 2 unspecified atom stereocenters. The highest BCUT2D eigenvalue weighted by Crippen LogP contribution is 2.27. The Morgan fingerprint density at radius 3 is 2.09 bits per heavy atom. The molecular formula is C8H14O3. The average molecular weight is 158 g/mol. The van der Waals surface area contributed by atoms with E-state index in [4.69, 9.17) is 14.2 Å². The van der Waals surface area contributed by atoms with Crippen molar-refractivity contribution >= 4 is 0 Å². The van der Waals surface area contributed by atoms with E-state index in [-0.39, 0.29) is 18.5 Å². The number of fused-ring (bicyclic) bond motifs is 1. The van der Waals surface area contributed by atoms with Crippen molar-refractivity contribution in [3.8, 4) is 0 Å². The molecule has 0 aromatic heterocycles. The summed E-state index contributed by atoms with van der Waals surface area (Å²) in [5, 5.41) is 0. The fourth-order valence-electron chi connectivity index (χ4n) is 1.46. The largest absolute Gasteiger partial charge is 0.376 e. The van der Waals surface area contributed by atoms with Crippen LogP contribution in [0.2, 0.25) is 0 Å². The number of ether oxygens (including phenoxy) is 3. The van der Waals surface area contributed by atoms with Crippen molar-refractivity contribution in [2.24, 2.45) is 5.92 Å². The van der Waals surface area contributed by atoms with Gasteiger partial charge in [0.25, 0.3) is 0 Å². The Hall–Kier alpha value is -0.120. The highest BCUT2D eigenvalue weighted by molar-refractivity contribution is 4.82. The van der Waals surface area contributed by atoms with E-state index in [0.29, 0.717) is 19.1 Å². The third-order valence-corrected chi connectivity index (χ3v) is 2.14. The van der Waals surface area contributed by atoms with E-state index >= 15 is 0 Å². The maximum atomic E-state index is 5.60. The first-order valence-corrected chi connectivity index (χ1v) is 4.16. The average Bonchev–Trinajstić information content (AvgIpc) is 2.40. The van der Waals surface area contributed by atoms with E-state index in [9.17, 15) is 0 Å². The van der Waals surface area contributed by atoms with Gasteiger partial charge in [-0.25, -0.2) is 0 Å². The van der Waals surface area contributed by atoms with Gasteiger partial charge >= 0.3 is 0 Å². The molecule has 0 N–H and O–H groups in total. The SMILES string of the molecule is CC(C)C1OC2COCC2O1. The molecule has 3 heteroatoms. The zero-order valence-electron chi connectivity index (χ0n) is 6.95. The summed E-state index contributed by atoms with van der Waals surface area (Å²) >= 11 is 0. The Bertz CT molecular complexity index is 134. The van der Waals surface area contributed by atoms with Gasteiger partial charge in [-0.1, -0.05) is 13.8 Å². The minimum atomic E-state index is -0.00565. The van der Waals surface area contributed by atoms with Gasteiger partial charge in [-0.2, -0.15) is 0 Å². The van der Waals surface area contributed by atoms with Gasteiger partial charge in [0.1, 0.15) is 12.2 Å². The quantitative estimate of drug-likeness (QED) is 0.564. The molecule has 0 amide bonds. The van der Waals surface area contributed by atoms with Crippen molar-refractivity contribution in [2.75, 3.05) is 13.2 Å². The van der Waals surface area contributed by atoms with Crippen molar-refractivity contribution in [1.82, 2.24) is 0 Å². The number of rotatable bonds is 1. The summed E-state index contributed by atoms with van der Waals surface area (Å²) in [6.45, 7) is 5.61. The lowest BCUT2D eigenvalue weighted by Crippen LogP contribution is -2.19. The minimum Gasteiger partial charge on any atom is -0.376 e. The Morgan fingerprint density at radius 1 is 1.09 bits per heavy atom. The second kappa shape index (κ2) is 2.73. The lowest BCUT2D eigenvalue weighted by molar-refractivity contribution is -0.118. The maximum Gasteiger partial charge on any atom is 0.161 e. The molecule has 2 saturated heterocycles. The van der Waals surface area contributed by atoms with Crippen LogP contribution in [0.1, 0.15) is 13.8 Å². The maximum absolute atomic E-state index is 5.60. The van der Waals surface area contributed by atoms with Gasteiger partial charge in [-0.05, 0) is 0 Å². The molecule has 2 heterocycles. The van der Waals surface area contributed by atoms with Crippen LogP contribution in [-0.4, -0.2) is 31.7 Å². The van der Waals surface area contributed by atoms with Crippen LogP contribution in [0.5, 0.6) is 0 Å². The normalized spacial score (nSPS) is 43.4. The van der Waals surface area contributed by atoms with E-state index in [0.717, 1.165) is 0 Å². The summed E-state index contributed by atoms with van der Waals surface area (Å²) in [7, 11) is 0. The van der Waals surface area contributed by atoms with Crippen LogP contribution in [0.15, 0.2) is 0 Å². The molecule has 11 heavy (non-hydrogen) atoms. The van der Waals surface area contributed by atoms with Crippen LogP contribution >= 0.6 is 0 Å². The Morgan fingerprint density at radius 2 is 1.64 bits per heavy atom. The summed E-state index contributed by atoms with van der Waals surface area (Å²) in [5.74, 6) is 0.445. The van der Waals surface area contributed by atoms with Crippen LogP contribution in [0.4, 0.5) is 0 Å². The van der Waals surface area contributed by atoms with Gasteiger partial charge < -0.3 is 14.2 Å². The zero-order chi connectivity index (χ0) is 7.84. The molecule has 0 radical (unpaired) electrons. The molecule has 2 aliphatic rings. The third kappa shape index (κ3) is 1.28. The fraction of sp³-hybridized carbons (Fsp3) is 1.00. The topological polar surface area (TPSA) is 27.7 Å². The van der Waals surface area contributed by atoms with Crippen molar-refractivity contribution in [2.45, 2.75) is 32.3 Å². The van der Waals surface area contributed by atoms with E-state index in [1.165, 1.54) is 0 Å². The third-order valence-electron chi connectivity index (χ3n) is 2.14. The summed E-state index contributed by atoms with van der Waals surface area (Å²) < 4.78 is 16.4. The number of hydrogen-bond acceptors (Lipinski definition) is 3. The molecule has 64 valence electrons. The van der Waals surface area contributed by atoms with Crippen molar-refractivity contribution in [3.05, 3.63) is 0 Å². The van der Waals surface area contributed by atoms with Crippen LogP contribution < -0.4 is 0 Å². The Balaban J connectivity index is 1.94. The summed E-state index contributed by atoms with van der Waals surface area (Å²) in [6.07, 6.45) is 0.388. The van der Waals surface area contributed by atoms with Gasteiger partial charge in [0.05, 0.1) is 13.2 Å². The molecule has 0 aromatic rings. The second-order valence-electron chi connectivity index (χ2n) is 3.50. The van der Waals surface area contributed by atoms with E-state index in [1.54, 1.807) is 0 Å². The van der Waals surface area contributed by atoms with Crippen LogP contribution in [0, 0.1) is 5.92 Å². The van der Waals surface area contributed by atoms with Gasteiger partial charge in [-0.3, -0.25) is 0 Å². The van der Waals surface area contributed by atoms with Crippen LogP contribution in [-0.2, 0) is 14.2 Å². The van der Waals surface area contributed by atoms with Crippen molar-refractivity contribution in [1.29, 1.82) is 0 Å². The van der Waals surface area contributed by atoms with Gasteiger partial charge in [-0.15, -0.1) is 0 Å². The van der Waals surface area contributed by atoms with E-state index in [1.807, 2.05) is 0 Å². The van der Waals surface area contributed by atoms with Crippen molar-refractivity contribution < 1.29 is 14.2 Å². The molecule has 2 fully saturated rings. The Labute approximate surface area is 66.6 Å². The first kappa shape index (κ1) is 7.53. The first-order valence-electron chi connectivity index (χ1n) is 4.16. The van der Waals surface area contributed by atoms with Gasteiger partial charge in [0.15, 0.2) is 6.29 Å². The highest BCUT2D eigenvalue weighted by atomic mass is 16.8. The zero-order valence-corrected chi connectivity index (χ0v) is 6.95.